The van der Waals surface area contributed by atoms with Crippen molar-refractivity contribution in [2.45, 2.75) is 5.54 Å². The fraction of sp³-hybridized carbons (Fsp3) is 0.0556. The number of rotatable bonds is 6. The van der Waals surface area contributed by atoms with E-state index in [0.717, 1.165) is 33.1 Å². The minimum atomic E-state index is -0.713. The van der Waals surface area contributed by atoms with E-state index in [0.29, 0.717) is 11.3 Å². The third-order valence-electron chi connectivity index (χ3n) is 7.95. The summed E-state index contributed by atoms with van der Waals surface area (Å²) in [5.74, 6) is -0.103. The first-order chi connectivity index (χ1) is 19.7. The molecule has 2 heterocycles. The summed E-state index contributed by atoms with van der Waals surface area (Å²) in [4.78, 5) is 18.6. The zero-order valence-corrected chi connectivity index (χ0v) is 22.1. The second-order valence-corrected chi connectivity index (χ2v) is 10.1. The van der Waals surface area contributed by atoms with Crippen LogP contribution in [0.15, 0.2) is 146 Å². The molecule has 0 amide bonds. The smallest absolute Gasteiger partial charge is 0.212 e. The van der Waals surface area contributed by atoms with Crippen LogP contribution in [0, 0.1) is 0 Å². The summed E-state index contributed by atoms with van der Waals surface area (Å²) in [7, 11) is 2.04. The number of benzene rings is 5. The van der Waals surface area contributed by atoms with E-state index in [-0.39, 0.29) is 5.78 Å². The highest BCUT2D eigenvalue weighted by Gasteiger charge is 2.38. The Morgan fingerprint density at radius 1 is 0.625 bits per heavy atom. The Balaban J connectivity index is 1.40. The molecule has 0 aliphatic carbocycles. The van der Waals surface area contributed by atoms with Gasteiger partial charge in [0.2, 0.25) is 5.78 Å². The number of para-hydroxylation sites is 1. The highest BCUT2D eigenvalue weighted by Crippen LogP contribution is 2.41. The van der Waals surface area contributed by atoms with Gasteiger partial charge in [0.1, 0.15) is 11.2 Å². The minimum absolute atomic E-state index is 0.103. The average Bonchev–Trinajstić information content (AvgIpc) is 3.63. The lowest BCUT2D eigenvalue weighted by atomic mass is 9.77. The molecule has 7 rings (SSSR count). The third-order valence-corrected chi connectivity index (χ3v) is 7.95. The lowest BCUT2D eigenvalue weighted by Gasteiger charge is -2.37. The van der Waals surface area contributed by atoms with Gasteiger partial charge in [-0.2, -0.15) is 0 Å². The van der Waals surface area contributed by atoms with E-state index in [1.165, 1.54) is 5.39 Å². The first-order valence-electron chi connectivity index (χ1n) is 13.4. The Morgan fingerprint density at radius 3 is 1.75 bits per heavy atom. The van der Waals surface area contributed by atoms with Crippen LogP contribution >= 0.6 is 0 Å². The zero-order valence-electron chi connectivity index (χ0n) is 22.1. The van der Waals surface area contributed by atoms with Crippen molar-refractivity contribution in [1.29, 1.82) is 0 Å². The first kappa shape index (κ1) is 23.9. The molecule has 4 heteroatoms. The summed E-state index contributed by atoms with van der Waals surface area (Å²) in [6.45, 7) is 0. The van der Waals surface area contributed by atoms with E-state index >= 15 is 0 Å². The van der Waals surface area contributed by atoms with Gasteiger partial charge in [0, 0.05) is 40.6 Å². The largest absolute Gasteiger partial charge is 0.344 e. The average molecular weight is 518 g/mol. The number of carbonyl (C=O) groups is 1. The van der Waals surface area contributed by atoms with Crippen molar-refractivity contribution in [1.82, 2.24) is 14.1 Å². The molecule has 5 aromatic carbocycles. The molecule has 4 nitrogen and oxygen atoms in total. The van der Waals surface area contributed by atoms with E-state index in [4.69, 9.17) is 0 Å². The highest BCUT2D eigenvalue weighted by molar-refractivity contribution is 6.13. The van der Waals surface area contributed by atoms with Gasteiger partial charge in [0.05, 0.1) is 6.33 Å². The number of hydrogen-bond donors (Lipinski definition) is 0. The van der Waals surface area contributed by atoms with Gasteiger partial charge in [-0.05, 0) is 28.8 Å². The van der Waals surface area contributed by atoms with Crippen molar-refractivity contribution in [2.24, 2.45) is 7.05 Å². The molecule has 0 unspecified atom stereocenters. The van der Waals surface area contributed by atoms with Gasteiger partial charge in [0.25, 0.3) is 0 Å². The molecule has 7 aromatic rings. The van der Waals surface area contributed by atoms with Crippen LogP contribution in [0.5, 0.6) is 0 Å². The number of carbonyl (C=O) groups excluding carboxylic acids is 1. The number of imidazole rings is 1. The van der Waals surface area contributed by atoms with Crippen LogP contribution in [0.4, 0.5) is 0 Å². The molecule has 0 aliphatic rings. The van der Waals surface area contributed by atoms with E-state index in [2.05, 4.69) is 99.0 Å². The topological polar surface area (TPSA) is 39.8 Å². The maximum atomic E-state index is 13.9. The van der Waals surface area contributed by atoms with E-state index < -0.39 is 5.54 Å². The molecule has 40 heavy (non-hydrogen) atoms. The van der Waals surface area contributed by atoms with Crippen LogP contribution in [0.3, 0.4) is 0 Å². The Kier molecular flexibility index (Phi) is 5.67. The van der Waals surface area contributed by atoms with Crippen molar-refractivity contribution >= 4 is 27.6 Å². The standard InChI is InChI=1S/C36H27N3O/c1-38-33-20-12-11-19-30(33)31-22-21-26(23-34(31)38)35(40)32-24-39(25-37-32)36(27-13-5-2-6-14-27,28-15-7-3-8-16-28)29-17-9-4-10-18-29/h2-25H,1H3. The van der Waals surface area contributed by atoms with Crippen LogP contribution in [-0.4, -0.2) is 19.9 Å². The lowest BCUT2D eigenvalue weighted by Crippen LogP contribution is -2.37. The first-order valence-corrected chi connectivity index (χ1v) is 13.4. The summed E-state index contributed by atoms with van der Waals surface area (Å²) < 4.78 is 4.22. The van der Waals surface area contributed by atoms with Crippen molar-refractivity contribution in [3.63, 3.8) is 0 Å². The van der Waals surface area contributed by atoms with Crippen LogP contribution in [0.25, 0.3) is 21.8 Å². The molecule has 0 spiro atoms. The van der Waals surface area contributed by atoms with Crippen molar-refractivity contribution in [3.8, 4) is 0 Å². The molecule has 0 fully saturated rings. The van der Waals surface area contributed by atoms with Gasteiger partial charge in [-0.3, -0.25) is 4.79 Å². The monoisotopic (exact) mass is 517 g/mol. The second kappa shape index (κ2) is 9.51. The molecule has 0 radical (unpaired) electrons. The number of fused-ring (bicyclic) bond motifs is 3. The summed E-state index contributed by atoms with van der Waals surface area (Å²) >= 11 is 0. The maximum Gasteiger partial charge on any atom is 0.212 e. The summed E-state index contributed by atoms with van der Waals surface area (Å²) in [6.07, 6.45) is 3.68. The molecule has 0 saturated heterocycles. The maximum absolute atomic E-state index is 13.9. The third kappa shape index (κ3) is 3.61. The van der Waals surface area contributed by atoms with Crippen molar-refractivity contribution in [3.05, 3.63) is 174 Å². The molecule has 0 atom stereocenters. The van der Waals surface area contributed by atoms with Gasteiger partial charge in [-0.25, -0.2) is 4.98 Å². The quantitative estimate of drug-likeness (QED) is 0.168. The molecule has 0 saturated carbocycles. The van der Waals surface area contributed by atoms with E-state index in [9.17, 15) is 4.79 Å². The Bertz CT molecular complexity index is 1870. The van der Waals surface area contributed by atoms with Gasteiger partial charge in [-0.1, -0.05) is 121 Å². The highest BCUT2D eigenvalue weighted by atomic mass is 16.1. The lowest BCUT2D eigenvalue weighted by molar-refractivity contribution is 0.103. The predicted molar refractivity (Wildman–Crippen MR) is 161 cm³/mol. The molecule has 0 aliphatic heterocycles. The number of nitrogens with zero attached hydrogens (tertiary/aromatic N) is 3. The SMILES string of the molecule is Cn1c2ccccc2c2ccc(C(=O)c3cn(C(c4ccccc4)(c4ccccc4)c4ccccc4)cn3)cc21. The van der Waals surface area contributed by atoms with Crippen molar-refractivity contribution < 1.29 is 4.79 Å². The number of aromatic nitrogens is 3. The van der Waals surface area contributed by atoms with E-state index in [1.807, 2.05) is 61.8 Å². The molecule has 2 aromatic heterocycles. The fourth-order valence-electron chi connectivity index (χ4n) is 6.06. The van der Waals surface area contributed by atoms with Gasteiger partial charge in [-0.15, -0.1) is 0 Å². The van der Waals surface area contributed by atoms with Crippen LogP contribution in [0.1, 0.15) is 32.7 Å². The molecule has 192 valence electrons. The zero-order chi connectivity index (χ0) is 27.1. The Labute approximate surface area is 232 Å². The summed E-state index contributed by atoms with van der Waals surface area (Å²) in [5.41, 5.74) is 5.74. The predicted octanol–water partition coefficient (Wildman–Crippen LogP) is 7.60. The van der Waals surface area contributed by atoms with Gasteiger partial charge in [0.15, 0.2) is 0 Å². The number of hydrogen-bond acceptors (Lipinski definition) is 2. The normalized spacial score (nSPS) is 11.7. The van der Waals surface area contributed by atoms with Crippen LogP contribution < -0.4 is 0 Å². The van der Waals surface area contributed by atoms with Crippen molar-refractivity contribution in [2.75, 3.05) is 0 Å². The number of ketones is 1. The second-order valence-electron chi connectivity index (χ2n) is 10.1. The fourth-order valence-corrected chi connectivity index (χ4v) is 6.06. The van der Waals surface area contributed by atoms with E-state index in [1.54, 1.807) is 6.33 Å². The molecule has 0 N–H and O–H groups in total. The number of aryl methyl sites for hydroxylation is 1. The Hall–Kier alpha value is -5.22. The molecular formula is C36H27N3O. The van der Waals surface area contributed by atoms with Gasteiger partial charge < -0.3 is 9.13 Å². The minimum Gasteiger partial charge on any atom is -0.344 e. The van der Waals surface area contributed by atoms with Crippen LogP contribution in [0.2, 0.25) is 0 Å². The van der Waals surface area contributed by atoms with Gasteiger partial charge >= 0.3 is 0 Å². The van der Waals surface area contributed by atoms with Crippen LogP contribution in [-0.2, 0) is 12.6 Å². The molecular weight excluding hydrogens is 490 g/mol. The molecule has 0 bridgehead atoms. The Morgan fingerprint density at radius 2 is 1.15 bits per heavy atom. The summed E-state index contributed by atoms with van der Waals surface area (Å²) in [5, 5.41) is 2.32. The summed E-state index contributed by atoms with van der Waals surface area (Å²) in [6, 6.07) is 45.5.